The fourth-order valence-electron chi connectivity index (χ4n) is 2.93. The Labute approximate surface area is 155 Å². The predicted molar refractivity (Wildman–Crippen MR) is 100 cm³/mol. The number of likely N-dealkylation sites (tertiary alicyclic amines) is 1. The lowest BCUT2D eigenvalue weighted by atomic mass is 9.96. The number of carbonyl (C=O) groups excluding carboxylic acids is 1. The second-order valence-electron chi connectivity index (χ2n) is 7.05. The van der Waals surface area contributed by atoms with Crippen LogP contribution in [0.1, 0.15) is 26.7 Å². The van der Waals surface area contributed by atoms with Gasteiger partial charge >= 0.3 is 0 Å². The third-order valence-electron chi connectivity index (χ3n) is 4.60. The Morgan fingerprint density at radius 3 is 2.52 bits per heavy atom. The molecule has 0 unspecified atom stereocenters. The highest BCUT2D eigenvalue weighted by Gasteiger charge is 2.30. The lowest BCUT2D eigenvalue weighted by Crippen LogP contribution is -2.48. The van der Waals surface area contributed by atoms with Crippen molar-refractivity contribution in [3.05, 3.63) is 29.3 Å². The summed E-state index contributed by atoms with van der Waals surface area (Å²) in [4.78, 5) is 14.9. The molecule has 0 saturated carbocycles. The number of amides is 1. The van der Waals surface area contributed by atoms with Crippen LogP contribution in [-0.2, 0) is 9.53 Å². The van der Waals surface area contributed by atoms with Gasteiger partial charge in [0, 0.05) is 25.2 Å². The van der Waals surface area contributed by atoms with Crippen molar-refractivity contribution >= 4 is 17.5 Å². The summed E-state index contributed by atoms with van der Waals surface area (Å²) >= 11 is 5.87. The van der Waals surface area contributed by atoms with Gasteiger partial charge in [0.05, 0.1) is 6.61 Å². The maximum absolute atomic E-state index is 12.5. The van der Waals surface area contributed by atoms with E-state index >= 15 is 0 Å². The molecule has 1 aliphatic rings. The van der Waals surface area contributed by atoms with E-state index in [1.807, 2.05) is 0 Å². The van der Waals surface area contributed by atoms with Crippen LogP contribution in [0.5, 0.6) is 5.75 Å². The van der Waals surface area contributed by atoms with E-state index in [0.29, 0.717) is 23.2 Å². The molecule has 0 atom stereocenters. The Morgan fingerprint density at radius 2 is 1.92 bits per heavy atom. The summed E-state index contributed by atoms with van der Waals surface area (Å²) in [5.74, 6) is 1.06. The number of hydrogen-bond donors (Lipinski definition) is 1. The van der Waals surface area contributed by atoms with E-state index in [4.69, 9.17) is 21.1 Å². The van der Waals surface area contributed by atoms with Gasteiger partial charge in [0.2, 0.25) is 0 Å². The first-order valence-electron chi connectivity index (χ1n) is 8.85. The summed E-state index contributed by atoms with van der Waals surface area (Å²) in [6, 6.07) is 7.05. The first-order chi connectivity index (χ1) is 11.9. The maximum atomic E-state index is 12.5. The molecule has 0 radical (unpaired) electrons. The van der Waals surface area contributed by atoms with Crippen molar-refractivity contribution in [1.82, 2.24) is 10.2 Å². The summed E-state index contributed by atoms with van der Waals surface area (Å²) in [6.07, 6.45) is 2.20. The largest absolute Gasteiger partial charge is 0.478 e. The first kappa shape index (κ1) is 20.0. The second kappa shape index (κ2) is 9.41. The van der Waals surface area contributed by atoms with Gasteiger partial charge in [-0.1, -0.05) is 11.6 Å². The summed E-state index contributed by atoms with van der Waals surface area (Å²) < 4.78 is 11.0. The summed E-state index contributed by atoms with van der Waals surface area (Å²) in [5.41, 5.74) is -0.924. The van der Waals surface area contributed by atoms with Crippen LogP contribution in [0.15, 0.2) is 24.3 Å². The highest BCUT2D eigenvalue weighted by Crippen LogP contribution is 2.21. The number of nitrogens with zero attached hydrogens (tertiary/aromatic N) is 1. The van der Waals surface area contributed by atoms with E-state index in [0.717, 1.165) is 39.1 Å². The van der Waals surface area contributed by atoms with Crippen molar-refractivity contribution in [1.29, 1.82) is 0 Å². The predicted octanol–water partition coefficient (Wildman–Crippen LogP) is 2.97. The number of carbonyl (C=O) groups is 1. The molecule has 6 heteroatoms. The van der Waals surface area contributed by atoms with Crippen LogP contribution >= 0.6 is 11.6 Å². The molecule has 25 heavy (non-hydrogen) atoms. The van der Waals surface area contributed by atoms with Crippen molar-refractivity contribution in [2.45, 2.75) is 32.3 Å². The number of rotatable bonds is 8. The number of methoxy groups -OCH3 is 1. The van der Waals surface area contributed by atoms with Gasteiger partial charge in [-0.05, 0) is 70.0 Å². The van der Waals surface area contributed by atoms with E-state index in [-0.39, 0.29) is 5.91 Å². The SMILES string of the molecule is COCCN1CCC(CNC(=O)C(C)(C)Oc2ccc(Cl)cc2)CC1. The smallest absolute Gasteiger partial charge is 0.263 e. The molecule has 5 nitrogen and oxygen atoms in total. The van der Waals surface area contributed by atoms with E-state index in [9.17, 15) is 4.79 Å². The van der Waals surface area contributed by atoms with Crippen LogP contribution < -0.4 is 10.1 Å². The maximum Gasteiger partial charge on any atom is 0.263 e. The molecule has 0 aromatic heterocycles. The Kier molecular flexibility index (Phi) is 7.54. The minimum absolute atomic E-state index is 0.0933. The first-order valence-corrected chi connectivity index (χ1v) is 9.22. The molecule has 1 fully saturated rings. The van der Waals surface area contributed by atoms with E-state index < -0.39 is 5.60 Å². The molecule has 0 aliphatic carbocycles. The Hall–Kier alpha value is -1.30. The minimum atomic E-state index is -0.924. The van der Waals surface area contributed by atoms with Gasteiger partial charge in [0.15, 0.2) is 5.60 Å². The topological polar surface area (TPSA) is 50.8 Å². The lowest BCUT2D eigenvalue weighted by Gasteiger charge is -2.32. The zero-order chi connectivity index (χ0) is 18.3. The van der Waals surface area contributed by atoms with Crippen molar-refractivity contribution in [3.8, 4) is 5.75 Å². The van der Waals surface area contributed by atoms with Gasteiger partial charge in [-0.25, -0.2) is 0 Å². The summed E-state index contributed by atoms with van der Waals surface area (Å²) in [7, 11) is 1.73. The van der Waals surface area contributed by atoms with Gasteiger partial charge in [0.25, 0.3) is 5.91 Å². The Balaban J connectivity index is 1.74. The van der Waals surface area contributed by atoms with Gasteiger partial charge in [-0.3, -0.25) is 4.79 Å². The fourth-order valence-corrected chi connectivity index (χ4v) is 3.05. The molecular weight excluding hydrogens is 340 g/mol. The molecule has 1 heterocycles. The average molecular weight is 369 g/mol. The molecule has 1 aliphatic heterocycles. The summed E-state index contributed by atoms with van der Waals surface area (Å²) in [5, 5.41) is 3.69. The fraction of sp³-hybridized carbons (Fsp3) is 0.632. The molecule has 1 aromatic carbocycles. The monoisotopic (exact) mass is 368 g/mol. The molecule has 1 N–H and O–H groups in total. The van der Waals surface area contributed by atoms with Gasteiger partial charge in [0.1, 0.15) is 5.75 Å². The lowest BCUT2D eigenvalue weighted by molar-refractivity contribution is -0.134. The van der Waals surface area contributed by atoms with Gasteiger partial charge in [-0.15, -0.1) is 0 Å². The second-order valence-corrected chi connectivity index (χ2v) is 7.49. The van der Waals surface area contributed by atoms with E-state index in [1.54, 1.807) is 45.2 Å². The molecule has 140 valence electrons. The molecule has 0 spiro atoms. The normalized spacial score (nSPS) is 16.6. The van der Waals surface area contributed by atoms with Crippen LogP contribution in [0.3, 0.4) is 0 Å². The van der Waals surface area contributed by atoms with Crippen molar-refractivity contribution in [2.75, 3.05) is 39.9 Å². The van der Waals surface area contributed by atoms with Gasteiger partial charge in [-0.2, -0.15) is 0 Å². The van der Waals surface area contributed by atoms with Crippen LogP contribution in [-0.4, -0.2) is 56.3 Å². The Morgan fingerprint density at radius 1 is 1.28 bits per heavy atom. The third kappa shape index (κ3) is 6.49. The van der Waals surface area contributed by atoms with Crippen LogP contribution in [0.4, 0.5) is 0 Å². The third-order valence-corrected chi connectivity index (χ3v) is 4.86. The average Bonchev–Trinajstić information content (AvgIpc) is 2.60. The highest BCUT2D eigenvalue weighted by molar-refractivity contribution is 6.30. The molecule has 1 aromatic rings. The summed E-state index contributed by atoms with van der Waals surface area (Å²) in [6.45, 7) is 8.15. The van der Waals surface area contributed by atoms with Crippen LogP contribution in [0.25, 0.3) is 0 Å². The van der Waals surface area contributed by atoms with Crippen molar-refractivity contribution in [2.24, 2.45) is 5.92 Å². The highest BCUT2D eigenvalue weighted by atomic mass is 35.5. The number of nitrogens with one attached hydrogen (secondary N) is 1. The number of halogens is 1. The number of benzene rings is 1. The molecular formula is C19H29ClN2O3. The van der Waals surface area contributed by atoms with Crippen LogP contribution in [0, 0.1) is 5.92 Å². The van der Waals surface area contributed by atoms with Crippen LogP contribution in [0.2, 0.25) is 5.02 Å². The van der Waals surface area contributed by atoms with Gasteiger partial charge < -0.3 is 19.7 Å². The molecule has 2 rings (SSSR count). The zero-order valence-electron chi connectivity index (χ0n) is 15.4. The molecule has 1 saturated heterocycles. The number of hydrogen-bond acceptors (Lipinski definition) is 4. The van der Waals surface area contributed by atoms with Crippen molar-refractivity contribution < 1.29 is 14.3 Å². The molecule has 0 bridgehead atoms. The quantitative estimate of drug-likeness (QED) is 0.766. The molecule has 1 amide bonds. The number of ether oxygens (including phenoxy) is 2. The minimum Gasteiger partial charge on any atom is -0.478 e. The Bertz CT molecular complexity index is 540. The van der Waals surface area contributed by atoms with Crippen molar-refractivity contribution in [3.63, 3.8) is 0 Å². The number of piperidine rings is 1. The van der Waals surface area contributed by atoms with E-state index in [1.165, 1.54) is 0 Å². The standard InChI is InChI=1S/C19H29ClN2O3/c1-19(2,25-17-6-4-16(20)5-7-17)18(23)21-14-15-8-10-22(11-9-15)12-13-24-3/h4-7,15H,8-14H2,1-3H3,(H,21,23). The zero-order valence-corrected chi connectivity index (χ0v) is 16.1. The van der Waals surface area contributed by atoms with E-state index in [2.05, 4.69) is 10.2 Å².